The molecule has 5 heteroatoms. The lowest BCUT2D eigenvalue weighted by Gasteiger charge is -2.12. The standard InChI is InChI=1S/C20H21N3O2/c1-4-5-12-23-13-17(16-10-11-21-18(16)20(23)25)14-6-8-15(9-7-14)19(24)22(2)3/h4-11,13,21H,12H2,1-3H3/b5-4+. The Labute approximate surface area is 146 Å². The minimum atomic E-state index is -0.0405. The molecule has 1 N–H and O–H groups in total. The lowest BCUT2D eigenvalue weighted by molar-refractivity contribution is 0.0827. The highest BCUT2D eigenvalue weighted by Gasteiger charge is 2.12. The van der Waals surface area contributed by atoms with Gasteiger partial charge in [0.2, 0.25) is 0 Å². The average molecular weight is 335 g/mol. The number of allylic oxidation sites excluding steroid dienone is 2. The maximum atomic E-state index is 12.5. The molecular formula is C20H21N3O2. The van der Waals surface area contributed by atoms with Crippen LogP contribution >= 0.6 is 0 Å². The molecule has 25 heavy (non-hydrogen) atoms. The number of carbonyl (C=O) groups is 1. The third-order valence-corrected chi connectivity index (χ3v) is 4.18. The van der Waals surface area contributed by atoms with Crippen molar-refractivity contribution in [1.29, 1.82) is 0 Å². The number of aromatic amines is 1. The van der Waals surface area contributed by atoms with Crippen molar-refractivity contribution in [2.75, 3.05) is 14.1 Å². The lowest BCUT2D eigenvalue weighted by atomic mass is 10.0. The maximum absolute atomic E-state index is 12.5. The number of nitrogens with zero attached hydrogens (tertiary/aromatic N) is 2. The molecule has 0 unspecified atom stereocenters. The van der Waals surface area contributed by atoms with Crippen LogP contribution in [0.25, 0.3) is 22.0 Å². The van der Waals surface area contributed by atoms with Crippen LogP contribution in [0, 0.1) is 0 Å². The van der Waals surface area contributed by atoms with Crippen molar-refractivity contribution in [2.45, 2.75) is 13.5 Å². The Morgan fingerprint density at radius 3 is 2.56 bits per heavy atom. The van der Waals surface area contributed by atoms with E-state index in [1.165, 1.54) is 0 Å². The molecule has 0 saturated carbocycles. The first kappa shape index (κ1) is 16.8. The van der Waals surface area contributed by atoms with Gasteiger partial charge in [0.05, 0.1) is 0 Å². The molecule has 0 aliphatic heterocycles. The minimum Gasteiger partial charge on any atom is -0.357 e. The molecule has 1 amide bonds. The predicted molar refractivity (Wildman–Crippen MR) is 101 cm³/mol. The largest absolute Gasteiger partial charge is 0.357 e. The van der Waals surface area contributed by atoms with E-state index in [0.717, 1.165) is 16.5 Å². The van der Waals surface area contributed by atoms with Gasteiger partial charge in [0, 0.05) is 49.5 Å². The Balaban J connectivity index is 2.11. The molecule has 3 rings (SSSR count). The summed E-state index contributed by atoms with van der Waals surface area (Å²) in [7, 11) is 3.47. The van der Waals surface area contributed by atoms with E-state index in [9.17, 15) is 9.59 Å². The monoisotopic (exact) mass is 335 g/mol. The quantitative estimate of drug-likeness (QED) is 0.744. The Morgan fingerprint density at radius 2 is 1.92 bits per heavy atom. The van der Waals surface area contributed by atoms with E-state index in [1.807, 2.05) is 55.6 Å². The normalized spacial score (nSPS) is 11.3. The second-order valence-corrected chi connectivity index (χ2v) is 6.11. The predicted octanol–water partition coefficient (Wildman–Crippen LogP) is 3.27. The maximum Gasteiger partial charge on any atom is 0.275 e. The molecule has 128 valence electrons. The summed E-state index contributed by atoms with van der Waals surface area (Å²) in [4.78, 5) is 29.2. The molecule has 3 aromatic rings. The summed E-state index contributed by atoms with van der Waals surface area (Å²) < 4.78 is 1.69. The highest BCUT2D eigenvalue weighted by Crippen LogP contribution is 2.27. The first-order valence-electron chi connectivity index (χ1n) is 8.16. The first-order chi connectivity index (χ1) is 12.0. The van der Waals surface area contributed by atoms with Crippen LogP contribution in [0.4, 0.5) is 0 Å². The number of amides is 1. The molecular weight excluding hydrogens is 314 g/mol. The molecule has 0 radical (unpaired) electrons. The third kappa shape index (κ3) is 3.13. The van der Waals surface area contributed by atoms with Crippen LogP contribution in [0.15, 0.2) is 59.7 Å². The van der Waals surface area contributed by atoms with Crippen LogP contribution in [0.1, 0.15) is 17.3 Å². The topological polar surface area (TPSA) is 58.1 Å². The molecule has 0 bridgehead atoms. The average Bonchev–Trinajstić information content (AvgIpc) is 3.11. The van der Waals surface area contributed by atoms with Gasteiger partial charge in [-0.15, -0.1) is 0 Å². The molecule has 2 heterocycles. The number of hydrogen-bond acceptors (Lipinski definition) is 2. The number of benzene rings is 1. The van der Waals surface area contributed by atoms with Gasteiger partial charge in [-0.1, -0.05) is 24.3 Å². The van der Waals surface area contributed by atoms with Crippen LogP contribution in [-0.4, -0.2) is 34.5 Å². The Morgan fingerprint density at radius 1 is 1.20 bits per heavy atom. The van der Waals surface area contributed by atoms with Crippen LogP contribution in [0.3, 0.4) is 0 Å². The molecule has 0 aliphatic carbocycles. The second-order valence-electron chi connectivity index (χ2n) is 6.11. The van der Waals surface area contributed by atoms with E-state index < -0.39 is 0 Å². The molecule has 2 aromatic heterocycles. The lowest BCUT2D eigenvalue weighted by Crippen LogP contribution is -2.21. The van der Waals surface area contributed by atoms with E-state index in [2.05, 4.69) is 4.98 Å². The van der Waals surface area contributed by atoms with Crippen molar-refractivity contribution in [1.82, 2.24) is 14.5 Å². The van der Waals surface area contributed by atoms with Crippen molar-refractivity contribution in [3.05, 3.63) is 70.8 Å². The number of H-pyrrole nitrogens is 1. The minimum absolute atomic E-state index is 0.0311. The third-order valence-electron chi connectivity index (χ3n) is 4.18. The van der Waals surface area contributed by atoms with Crippen LogP contribution < -0.4 is 5.56 Å². The summed E-state index contributed by atoms with van der Waals surface area (Å²) in [6.07, 6.45) is 7.52. The van der Waals surface area contributed by atoms with Gasteiger partial charge in [-0.25, -0.2) is 0 Å². The van der Waals surface area contributed by atoms with Gasteiger partial charge >= 0.3 is 0 Å². The summed E-state index contributed by atoms with van der Waals surface area (Å²) >= 11 is 0. The van der Waals surface area contributed by atoms with Crippen molar-refractivity contribution in [3.8, 4) is 11.1 Å². The molecule has 5 nitrogen and oxygen atoms in total. The zero-order chi connectivity index (χ0) is 18.0. The van der Waals surface area contributed by atoms with Gasteiger partial charge in [0.25, 0.3) is 11.5 Å². The Hall–Kier alpha value is -3.08. The van der Waals surface area contributed by atoms with Gasteiger partial charge in [-0.2, -0.15) is 0 Å². The molecule has 0 spiro atoms. The summed E-state index contributed by atoms with van der Waals surface area (Å²) in [5.41, 5.74) is 3.12. The highest BCUT2D eigenvalue weighted by atomic mass is 16.2. The SMILES string of the molecule is C/C=C/Cn1cc(-c2ccc(C(=O)N(C)C)cc2)c2cc[nH]c2c1=O. The number of pyridine rings is 1. The highest BCUT2D eigenvalue weighted by molar-refractivity contribution is 5.97. The zero-order valence-electron chi connectivity index (χ0n) is 14.6. The summed E-state index contributed by atoms with van der Waals surface area (Å²) in [6, 6.07) is 9.38. The van der Waals surface area contributed by atoms with E-state index in [4.69, 9.17) is 0 Å². The summed E-state index contributed by atoms with van der Waals surface area (Å²) in [5, 5.41) is 0.883. The number of nitrogens with one attached hydrogen (secondary N) is 1. The van der Waals surface area contributed by atoms with Gasteiger partial charge in [-0.3, -0.25) is 9.59 Å². The Kier molecular flexibility index (Phi) is 4.57. The van der Waals surface area contributed by atoms with Crippen molar-refractivity contribution in [2.24, 2.45) is 0 Å². The number of fused-ring (bicyclic) bond motifs is 1. The second kappa shape index (κ2) is 6.81. The van der Waals surface area contributed by atoms with Crippen LogP contribution in [0.2, 0.25) is 0 Å². The summed E-state index contributed by atoms with van der Waals surface area (Å²) in [5.74, 6) is -0.0311. The number of aromatic nitrogens is 2. The molecule has 0 atom stereocenters. The summed E-state index contributed by atoms with van der Waals surface area (Å²) in [6.45, 7) is 2.45. The van der Waals surface area contributed by atoms with Gasteiger partial charge in [0.15, 0.2) is 0 Å². The fourth-order valence-corrected chi connectivity index (χ4v) is 2.83. The van der Waals surface area contributed by atoms with Crippen molar-refractivity contribution in [3.63, 3.8) is 0 Å². The van der Waals surface area contributed by atoms with E-state index in [-0.39, 0.29) is 11.5 Å². The number of rotatable bonds is 4. The van der Waals surface area contributed by atoms with Crippen LogP contribution in [-0.2, 0) is 6.54 Å². The van der Waals surface area contributed by atoms with E-state index in [1.54, 1.807) is 29.8 Å². The van der Waals surface area contributed by atoms with Crippen molar-refractivity contribution >= 4 is 16.8 Å². The zero-order valence-corrected chi connectivity index (χ0v) is 14.6. The number of carbonyl (C=O) groups excluding carboxylic acids is 1. The van der Waals surface area contributed by atoms with Gasteiger partial charge in [0.1, 0.15) is 5.52 Å². The number of hydrogen-bond donors (Lipinski definition) is 1. The van der Waals surface area contributed by atoms with E-state index in [0.29, 0.717) is 17.6 Å². The fraction of sp³-hybridized carbons (Fsp3) is 0.200. The fourth-order valence-electron chi connectivity index (χ4n) is 2.83. The first-order valence-corrected chi connectivity index (χ1v) is 8.16. The smallest absolute Gasteiger partial charge is 0.275 e. The van der Waals surface area contributed by atoms with Crippen molar-refractivity contribution < 1.29 is 4.79 Å². The van der Waals surface area contributed by atoms with Gasteiger partial charge in [-0.05, 0) is 30.7 Å². The van der Waals surface area contributed by atoms with Crippen LogP contribution in [0.5, 0.6) is 0 Å². The molecule has 0 saturated heterocycles. The molecule has 0 aliphatic rings. The molecule has 1 aromatic carbocycles. The molecule has 0 fully saturated rings. The van der Waals surface area contributed by atoms with E-state index >= 15 is 0 Å². The Bertz CT molecular complexity index is 992. The van der Waals surface area contributed by atoms with Gasteiger partial charge < -0.3 is 14.5 Å².